The summed E-state index contributed by atoms with van der Waals surface area (Å²) in [6, 6.07) is 6.28. The van der Waals surface area contributed by atoms with Crippen LogP contribution < -0.4 is 15.8 Å². The lowest BCUT2D eigenvalue weighted by atomic mass is 9.76. The highest BCUT2D eigenvalue weighted by molar-refractivity contribution is 5.81. The summed E-state index contributed by atoms with van der Waals surface area (Å²) >= 11 is 0. The van der Waals surface area contributed by atoms with Crippen LogP contribution in [0.15, 0.2) is 18.2 Å². The van der Waals surface area contributed by atoms with Gasteiger partial charge in [0.15, 0.2) is 0 Å². The minimum Gasteiger partial charge on any atom is -0.493 e. The van der Waals surface area contributed by atoms with Crippen LogP contribution in [0.4, 0.5) is 0 Å². The van der Waals surface area contributed by atoms with Gasteiger partial charge in [-0.2, -0.15) is 0 Å². The van der Waals surface area contributed by atoms with Crippen molar-refractivity contribution in [3.05, 3.63) is 29.3 Å². The maximum Gasteiger partial charge on any atom is 0.237 e. The van der Waals surface area contributed by atoms with Crippen molar-refractivity contribution in [2.45, 2.75) is 104 Å². The first-order valence-corrected chi connectivity index (χ1v) is 11.8. The summed E-state index contributed by atoms with van der Waals surface area (Å²) in [5.74, 6) is 1.14. The summed E-state index contributed by atoms with van der Waals surface area (Å²) < 4.78 is 6.20. The molecule has 0 spiro atoms. The van der Waals surface area contributed by atoms with Gasteiger partial charge in [-0.15, -0.1) is 0 Å². The summed E-state index contributed by atoms with van der Waals surface area (Å²) in [5, 5.41) is 2.95. The van der Waals surface area contributed by atoms with Gasteiger partial charge in [0.2, 0.25) is 5.91 Å². The van der Waals surface area contributed by atoms with E-state index in [1.165, 1.54) is 11.1 Å². The quantitative estimate of drug-likeness (QED) is 0.403. The van der Waals surface area contributed by atoms with E-state index in [0.717, 1.165) is 37.9 Å². The largest absolute Gasteiger partial charge is 0.493 e. The summed E-state index contributed by atoms with van der Waals surface area (Å²) in [7, 11) is 0. The molecule has 0 aliphatic heterocycles. The van der Waals surface area contributed by atoms with E-state index in [0.29, 0.717) is 13.2 Å². The smallest absolute Gasteiger partial charge is 0.237 e. The van der Waals surface area contributed by atoms with Crippen molar-refractivity contribution in [1.82, 2.24) is 5.32 Å². The number of nitrogens with one attached hydrogen (secondary N) is 1. The third kappa shape index (κ3) is 7.30. The van der Waals surface area contributed by atoms with Gasteiger partial charge < -0.3 is 15.8 Å². The highest BCUT2D eigenvalue weighted by atomic mass is 16.5. The number of ether oxygens (including phenoxy) is 1. The van der Waals surface area contributed by atoms with Gasteiger partial charge in [-0.25, -0.2) is 0 Å². The first-order chi connectivity index (χ1) is 14.0. The van der Waals surface area contributed by atoms with Crippen LogP contribution in [0.25, 0.3) is 0 Å². The average molecular weight is 419 g/mol. The second-order valence-corrected chi connectivity index (χ2v) is 9.94. The van der Waals surface area contributed by atoms with Crippen molar-refractivity contribution in [2.75, 3.05) is 13.2 Å². The zero-order valence-corrected chi connectivity index (χ0v) is 20.7. The van der Waals surface area contributed by atoms with E-state index in [4.69, 9.17) is 10.5 Å². The Morgan fingerprint density at radius 3 is 2.27 bits per heavy atom. The van der Waals surface area contributed by atoms with Crippen LogP contribution in [-0.2, 0) is 15.6 Å². The van der Waals surface area contributed by atoms with E-state index in [2.05, 4.69) is 72.0 Å². The molecule has 0 radical (unpaired) electrons. The molecule has 0 bridgehead atoms. The lowest BCUT2D eigenvalue weighted by Crippen LogP contribution is -2.44. The molecule has 1 amide bonds. The summed E-state index contributed by atoms with van der Waals surface area (Å²) in [5.41, 5.74) is 8.86. The van der Waals surface area contributed by atoms with Crippen molar-refractivity contribution in [3.8, 4) is 5.75 Å². The summed E-state index contributed by atoms with van der Waals surface area (Å²) in [4.78, 5) is 12.1. The Bertz CT molecular complexity index is 667. The number of hydrogen-bond acceptors (Lipinski definition) is 3. The maximum absolute atomic E-state index is 12.1. The standard InChI is InChI=1S/C26H46N2O2/c1-9-19(4)23(27)24(29)28-16-12-13-17-30-22-15-14-20(25(5,6)10-2)18-21(22)26(7,8)11-3/h14-15,18-19,23H,9-13,16-17,27H2,1-8H3,(H,28,29)/t19-,23-/m0/s1. The highest BCUT2D eigenvalue weighted by Crippen LogP contribution is 2.38. The van der Waals surface area contributed by atoms with Crippen molar-refractivity contribution < 1.29 is 9.53 Å². The Morgan fingerprint density at radius 1 is 1.07 bits per heavy atom. The number of rotatable bonds is 13. The van der Waals surface area contributed by atoms with Gasteiger partial charge in [0, 0.05) is 12.1 Å². The molecule has 0 fully saturated rings. The first kappa shape index (κ1) is 26.5. The molecule has 4 heteroatoms. The maximum atomic E-state index is 12.1. The minimum atomic E-state index is -0.420. The number of carbonyl (C=O) groups is 1. The van der Waals surface area contributed by atoms with Crippen LogP contribution in [-0.4, -0.2) is 25.1 Å². The van der Waals surface area contributed by atoms with Crippen molar-refractivity contribution in [3.63, 3.8) is 0 Å². The zero-order chi connectivity index (χ0) is 22.9. The second kappa shape index (κ2) is 11.7. The number of nitrogens with two attached hydrogens (primary N) is 1. The monoisotopic (exact) mass is 418 g/mol. The van der Waals surface area contributed by atoms with Gasteiger partial charge in [0.25, 0.3) is 0 Å². The van der Waals surface area contributed by atoms with E-state index in [-0.39, 0.29) is 22.7 Å². The molecule has 0 aliphatic carbocycles. The van der Waals surface area contributed by atoms with E-state index < -0.39 is 6.04 Å². The van der Waals surface area contributed by atoms with Crippen molar-refractivity contribution >= 4 is 5.91 Å². The molecule has 0 unspecified atom stereocenters. The molecule has 0 aliphatic rings. The highest BCUT2D eigenvalue weighted by Gasteiger charge is 2.26. The Hall–Kier alpha value is -1.55. The molecule has 0 saturated heterocycles. The molecular formula is C26H46N2O2. The van der Waals surface area contributed by atoms with Gasteiger partial charge in [0.05, 0.1) is 12.6 Å². The Morgan fingerprint density at radius 2 is 1.70 bits per heavy atom. The molecule has 1 aromatic rings. The van der Waals surface area contributed by atoms with Crippen LogP contribution in [0.5, 0.6) is 5.75 Å². The van der Waals surface area contributed by atoms with Gasteiger partial charge in [-0.3, -0.25) is 4.79 Å². The lowest BCUT2D eigenvalue weighted by molar-refractivity contribution is -0.123. The van der Waals surface area contributed by atoms with Crippen molar-refractivity contribution in [2.24, 2.45) is 11.7 Å². The predicted molar refractivity (Wildman–Crippen MR) is 128 cm³/mol. The number of benzene rings is 1. The topological polar surface area (TPSA) is 64.4 Å². The molecule has 0 aromatic heterocycles. The molecule has 3 N–H and O–H groups in total. The SMILES string of the molecule is CC[C@H](C)[C@H](N)C(=O)NCCCCOc1ccc(C(C)(C)CC)cc1C(C)(C)CC. The average Bonchev–Trinajstić information content (AvgIpc) is 2.74. The number of unbranched alkanes of at least 4 members (excludes halogenated alkanes) is 1. The Kier molecular flexibility index (Phi) is 10.4. The Balaban J connectivity index is 2.66. The normalized spacial score (nSPS) is 14.3. The van der Waals surface area contributed by atoms with Gasteiger partial charge >= 0.3 is 0 Å². The fourth-order valence-corrected chi connectivity index (χ4v) is 3.25. The fourth-order valence-electron chi connectivity index (χ4n) is 3.25. The molecule has 0 saturated carbocycles. The van der Waals surface area contributed by atoms with Gasteiger partial charge in [-0.05, 0) is 54.1 Å². The number of amides is 1. The molecule has 4 nitrogen and oxygen atoms in total. The van der Waals surface area contributed by atoms with E-state index in [9.17, 15) is 4.79 Å². The first-order valence-electron chi connectivity index (χ1n) is 11.8. The van der Waals surface area contributed by atoms with Gasteiger partial charge in [-0.1, -0.05) is 73.9 Å². The van der Waals surface area contributed by atoms with Crippen LogP contribution in [0.2, 0.25) is 0 Å². The van der Waals surface area contributed by atoms with Crippen LogP contribution >= 0.6 is 0 Å². The third-order valence-corrected chi connectivity index (χ3v) is 6.95. The molecule has 172 valence electrons. The molecular weight excluding hydrogens is 372 g/mol. The minimum absolute atomic E-state index is 0.0497. The second-order valence-electron chi connectivity index (χ2n) is 9.94. The van der Waals surface area contributed by atoms with E-state index in [1.54, 1.807) is 0 Å². The van der Waals surface area contributed by atoms with E-state index >= 15 is 0 Å². The zero-order valence-electron chi connectivity index (χ0n) is 20.7. The summed E-state index contributed by atoms with van der Waals surface area (Å²) in [6.45, 7) is 19.0. The van der Waals surface area contributed by atoms with Crippen LogP contribution in [0.1, 0.15) is 98.6 Å². The van der Waals surface area contributed by atoms with Crippen LogP contribution in [0.3, 0.4) is 0 Å². The van der Waals surface area contributed by atoms with Crippen molar-refractivity contribution in [1.29, 1.82) is 0 Å². The molecule has 2 atom stereocenters. The van der Waals surface area contributed by atoms with Crippen LogP contribution in [0, 0.1) is 5.92 Å². The lowest BCUT2D eigenvalue weighted by Gasteiger charge is -2.30. The number of hydrogen-bond donors (Lipinski definition) is 2. The van der Waals surface area contributed by atoms with Gasteiger partial charge in [0.1, 0.15) is 5.75 Å². The fraction of sp³-hybridized carbons (Fsp3) is 0.731. The predicted octanol–water partition coefficient (Wildman–Crippen LogP) is 5.71. The number of carbonyl (C=O) groups excluding carboxylic acids is 1. The molecule has 30 heavy (non-hydrogen) atoms. The Labute approximate surface area is 185 Å². The molecule has 1 aromatic carbocycles. The molecule has 1 rings (SSSR count). The summed E-state index contributed by atoms with van der Waals surface area (Å²) in [6.07, 6.45) is 4.85. The third-order valence-electron chi connectivity index (χ3n) is 6.95. The van der Waals surface area contributed by atoms with E-state index in [1.807, 2.05) is 6.92 Å². The molecule has 0 heterocycles.